The van der Waals surface area contributed by atoms with Crippen LogP contribution in [0.2, 0.25) is 0 Å². The van der Waals surface area contributed by atoms with Crippen LogP contribution in [0.25, 0.3) is 0 Å². The number of esters is 1. The van der Waals surface area contributed by atoms with Gasteiger partial charge >= 0.3 is 5.97 Å². The lowest BCUT2D eigenvalue weighted by Gasteiger charge is -2.09. The SMILES string of the molecule is CC1(C)[C@H](C=C(Cl)Cl)[C@@H]1C(=O)OCc1c(F)c(F)cc(F)c1F. The molecule has 2 atom stereocenters. The monoisotopic (exact) mass is 370 g/mol. The standard InChI is InChI=1S/C15H12Cl2F4O2/c1-15(2)7(3-10(16)17)11(15)14(22)23-5-6-12(20)8(18)4-9(19)13(6)21/h3-4,7,11H,5H2,1-2H3/t7-,11-/m1/s1. The first-order valence-electron chi connectivity index (χ1n) is 6.58. The maximum atomic E-state index is 13.5. The van der Waals surface area contributed by atoms with Crippen molar-refractivity contribution in [2.75, 3.05) is 0 Å². The van der Waals surface area contributed by atoms with Crippen LogP contribution in [0.5, 0.6) is 0 Å². The average Bonchev–Trinajstić information content (AvgIpc) is 2.96. The molecule has 0 radical (unpaired) electrons. The summed E-state index contributed by atoms with van der Waals surface area (Å²) in [5.74, 6) is -7.96. The quantitative estimate of drug-likeness (QED) is 0.429. The zero-order valence-corrected chi connectivity index (χ0v) is 13.6. The molecule has 0 aromatic heterocycles. The molecule has 2 rings (SSSR count). The number of carbonyl (C=O) groups is 1. The zero-order chi connectivity index (χ0) is 17.5. The average molecular weight is 371 g/mol. The van der Waals surface area contributed by atoms with Gasteiger partial charge in [0.05, 0.1) is 11.5 Å². The van der Waals surface area contributed by atoms with E-state index in [1.54, 1.807) is 13.8 Å². The number of benzene rings is 1. The molecule has 0 unspecified atom stereocenters. The molecular weight excluding hydrogens is 359 g/mol. The molecule has 2 nitrogen and oxygen atoms in total. The summed E-state index contributed by atoms with van der Waals surface area (Å²) in [7, 11) is 0. The van der Waals surface area contributed by atoms with Gasteiger partial charge in [-0.2, -0.15) is 0 Å². The molecule has 0 bridgehead atoms. The van der Waals surface area contributed by atoms with Crippen LogP contribution in [0.3, 0.4) is 0 Å². The lowest BCUT2D eigenvalue weighted by molar-refractivity contribution is -0.147. The molecule has 1 aromatic rings. The largest absolute Gasteiger partial charge is 0.460 e. The topological polar surface area (TPSA) is 26.3 Å². The second-order valence-corrected chi connectivity index (χ2v) is 6.84. The molecule has 1 aliphatic rings. The number of allylic oxidation sites excluding steroid dienone is 1. The molecule has 126 valence electrons. The highest BCUT2D eigenvalue weighted by atomic mass is 35.5. The van der Waals surface area contributed by atoms with Gasteiger partial charge < -0.3 is 4.74 Å². The first kappa shape index (κ1) is 18.1. The maximum absolute atomic E-state index is 13.5. The Morgan fingerprint density at radius 3 is 2.22 bits per heavy atom. The van der Waals surface area contributed by atoms with E-state index >= 15 is 0 Å². The van der Waals surface area contributed by atoms with Crippen molar-refractivity contribution >= 4 is 29.2 Å². The van der Waals surface area contributed by atoms with Crippen LogP contribution >= 0.6 is 23.2 Å². The molecule has 0 N–H and O–H groups in total. The Hall–Kier alpha value is -1.27. The van der Waals surface area contributed by atoms with Crippen molar-refractivity contribution in [3.63, 3.8) is 0 Å². The maximum Gasteiger partial charge on any atom is 0.310 e. The second-order valence-electron chi connectivity index (χ2n) is 5.84. The van der Waals surface area contributed by atoms with Crippen LogP contribution in [0.1, 0.15) is 19.4 Å². The Morgan fingerprint density at radius 2 is 1.74 bits per heavy atom. The summed E-state index contributed by atoms with van der Waals surface area (Å²) in [6, 6.07) is 0.0866. The van der Waals surface area contributed by atoms with Gasteiger partial charge in [0, 0.05) is 6.07 Å². The summed E-state index contributed by atoms with van der Waals surface area (Å²) in [6.45, 7) is 2.61. The normalized spacial score (nSPS) is 21.7. The van der Waals surface area contributed by atoms with E-state index in [0.29, 0.717) is 0 Å². The van der Waals surface area contributed by atoms with Crippen molar-refractivity contribution in [3.8, 4) is 0 Å². The molecule has 1 saturated carbocycles. The minimum atomic E-state index is -1.59. The van der Waals surface area contributed by atoms with Crippen LogP contribution in [0, 0.1) is 40.5 Å². The number of ether oxygens (including phenoxy) is 1. The third-order valence-corrected chi connectivity index (χ3v) is 4.28. The molecule has 0 amide bonds. The Morgan fingerprint density at radius 1 is 1.22 bits per heavy atom. The first-order chi connectivity index (χ1) is 10.6. The van der Waals surface area contributed by atoms with Gasteiger partial charge in [0.1, 0.15) is 11.1 Å². The lowest BCUT2D eigenvalue weighted by Crippen LogP contribution is -2.13. The van der Waals surface area contributed by atoms with Gasteiger partial charge in [-0.1, -0.05) is 37.0 Å². The van der Waals surface area contributed by atoms with Crippen LogP contribution in [0.15, 0.2) is 16.6 Å². The van der Waals surface area contributed by atoms with Gasteiger partial charge in [-0.25, -0.2) is 17.6 Å². The molecule has 0 spiro atoms. The molecule has 1 fully saturated rings. The number of hydrogen-bond donors (Lipinski definition) is 0. The minimum absolute atomic E-state index is 0.0114. The third kappa shape index (κ3) is 3.48. The number of carbonyl (C=O) groups excluding carboxylic acids is 1. The summed E-state index contributed by atoms with van der Waals surface area (Å²) < 4.78 is 57.9. The van der Waals surface area contributed by atoms with Crippen molar-refractivity contribution < 1.29 is 27.1 Å². The van der Waals surface area contributed by atoms with Gasteiger partial charge in [0.15, 0.2) is 23.3 Å². The number of rotatable bonds is 4. The Labute approximate surface area is 140 Å². The Kier molecular flexibility index (Phi) is 4.97. The zero-order valence-electron chi connectivity index (χ0n) is 12.1. The first-order valence-corrected chi connectivity index (χ1v) is 7.34. The van der Waals surface area contributed by atoms with Crippen LogP contribution in [-0.4, -0.2) is 5.97 Å². The summed E-state index contributed by atoms with van der Waals surface area (Å²) >= 11 is 11.1. The molecule has 8 heteroatoms. The second kappa shape index (κ2) is 6.32. The predicted octanol–water partition coefficient (Wildman–Crippen LogP) is 4.88. The fourth-order valence-corrected chi connectivity index (χ4v) is 2.83. The van der Waals surface area contributed by atoms with Gasteiger partial charge in [-0.05, 0) is 17.4 Å². The minimum Gasteiger partial charge on any atom is -0.460 e. The van der Waals surface area contributed by atoms with E-state index in [1.165, 1.54) is 6.08 Å². The smallest absolute Gasteiger partial charge is 0.310 e. The van der Waals surface area contributed by atoms with Crippen molar-refractivity contribution in [1.29, 1.82) is 0 Å². The number of halogens is 6. The highest BCUT2D eigenvalue weighted by Crippen LogP contribution is 2.60. The van der Waals surface area contributed by atoms with E-state index < -0.39 is 52.7 Å². The van der Waals surface area contributed by atoms with Crippen LogP contribution in [0.4, 0.5) is 17.6 Å². The molecule has 0 heterocycles. The van der Waals surface area contributed by atoms with Gasteiger partial charge in [0.2, 0.25) is 0 Å². The van der Waals surface area contributed by atoms with Crippen molar-refractivity contribution in [2.45, 2.75) is 20.5 Å². The fraction of sp³-hybridized carbons (Fsp3) is 0.400. The van der Waals surface area contributed by atoms with E-state index in [1.807, 2.05) is 0 Å². The molecular formula is C15H12Cl2F4O2. The summed E-state index contributed by atoms with van der Waals surface area (Å²) in [4.78, 5) is 12.0. The molecule has 23 heavy (non-hydrogen) atoms. The molecule has 1 aliphatic carbocycles. The van der Waals surface area contributed by atoms with E-state index in [4.69, 9.17) is 27.9 Å². The summed E-state index contributed by atoms with van der Waals surface area (Å²) in [5.41, 5.74) is -1.46. The predicted molar refractivity (Wildman–Crippen MR) is 76.6 cm³/mol. The third-order valence-electron chi connectivity index (χ3n) is 4.03. The van der Waals surface area contributed by atoms with Crippen LogP contribution < -0.4 is 0 Å². The number of hydrogen-bond acceptors (Lipinski definition) is 2. The fourth-order valence-electron chi connectivity index (χ4n) is 2.56. The van der Waals surface area contributed by atoms with E-state index in [0.717, 1.165) is 0 Å². The van der Waals surface area contributed by atoms with Gasteiger partial charge in [0.25, 0.3) is 0 Å². The highest BCUT2D eigenvalue weighted by Gasteiger charge is 2.61. The molecule has 1 aromatic carbocycles. The molecule has 0 aliphatic heterocycles. The Bertz CT molecular complexity index is 658. The Balaban J connectivity index is 2.11. The van der Waals surface area contributed by atoms with Gasteiger partial charge in [-0.3, -0.25) is 4.79 Å². The van der Waals surface area contributed by atoms with Crippen molar-refractivity contribution in [2.24, 2.45) is 17.3 Å². The lowest BCUT2D eigenvalue weighted by atomic mass is 10.1. The van der Waals surface area contributed by atoms with Crippen molar-refractivity contribution in [3.05, 3.63) is 45.5 Å². The summed E-state index contributed by atoms with van der Waals surface area (Å²) in [6.07, 6.45) is 1.47. The van der Waals surface area contributed by atoms with Crippen LogP contribution in [-0.2, 0) is 16.1 Å². The van der Waals surface area contributed by atoms with E-state index in [9.17, 15) is 22.4 Å². The van der Waals surface area contributed by atoms with E-state index in [2.05, 4.69) is 0 Å². The highest BCUT2D eigenvalue weighted by molar-refractivity contribution is 6.55. The summed E-state index contributed by atoms with van der Waals surface area (Å²) in [5, 5.41) is 0. The van der Waals surface area contributed by atoms with Gasteiger partial charge in [-0.15, -0.1) is 0 Å². The van der Waals surface area contributed by atoms with E-state index in [-0.39, 0.29) is 16.5 Å². The molecule has 0 saturated heterocycles. The van der Waals surface area contributed by atoms with Crippen molar-refractivity contribution in [1.82, 2.24) is 0 Å².